The van der Waals surface area contributed by atoms with Gasteiger partial charge in [-0.05, 0) is 33.2 Å². The fraction of sp³-hybridized carbons (Fsp3) is 0.400. The van der Waals surface area contributed by atoms with Crippen molar-refractivity contribution in [2.24, 2.45) is 5.73 Å². The molecule has 0 aliphatic carbocycles. The van der Waals surface area contributed by atoms with E-state index < -0.39 is 23.7 Å². The van der Waals surface area contributed by atoms with E-state index in [1.807, 2.05) is 6.07 Å². The first-order valence-corrected chi connectivity index (χ1v) is 9.59. The van der Waals surface area contributed by atoms with Gasteiger partial charge in [0.25, 0.3) is 0 Å². The second-order valence-electron chi connectivity index (χ2n) is 7.21. The Morgan fingerprint density at radius 1 is 1.27 bits per heavy atom. The molecule has 1 aromatic heterocycles. The summed E-state index contributed by atoms with van der Waals surface area (Å²) >= 11 is 0. The molecule has 1 amide bonds. The number of nitriles is 1. The largest absolute Gasteiger partial charge is 0.492 e. The number of ether oxygens (including phenoxy) is 2. The van der Waals surface area contributed by atoms with Crippen LogP contribution >= 0.6 is 0 Å². The van der Waals surface area contributed by atoms with E-state index in [-0.39, 0.29) is 41.3 Å². The fourth-order valence-corrected chi connectivity index (χ4v) is 2.84. The second-order valence-corrected chi connectivity index (χ2v) is 7.21. The highest BCUT2D eigenvalue weighted by Crippen LogP contribution is 2.39. The Morgan fingerprint density at radius 2 is 1.94 bits per heavy atom. The van der Waals surface area contributed by atoms with Crippen LogP contribution in [0.4, 0.5) is 30.6 Å². The van der Waals surface area contributed by atoms with Crippen LogP contribution in [-0.2, 0) is 11.0 Å². The SMILES string of the molecule is COc1nc(N)nc(N(c2cc(OCCN(C)C)cc(C(F)(F)F)c2)[C@@H](C)C(N)=O)c1C#N. The number of benzene rings is 1. The number of primary amides is 1. The summed E-state index contributed by atoms with van der Waals surface area (Å²) in [4.78, 5) is 22.7. The number of alkyl halides is 3. The maximum Gasteiger partial charge on any atom is 0.416 e. The van der Waals surface area contributed by atoms with Gasteiger partial charge in [0.1, 0.15) is 24.5 Å². The molecule has 33 heavy (non-hydrogen) atoms. The molecule has 0 aliphatic heterocycles. The first kappa shape index (κ1) is 25.5. The van der Waals surface area contributed by atoms with Crippen molar-refractivity contribution in [2.75, 3.05) is 45.0 Å². The summed E-state index contributed by atoms with van der Waals surface area (Å²) in [5.74, 6) is -1.77. The Hall–Kier alpha value is -3.79. The van der Waals surface area contributed by atoms with Crippen LogP contribution in [0.1, 0.15) is 18.1 Å². The Morgan fingerprint density at radius 3 is 2.45 bits per heavy atom. The van der Waals surface area contributed by atoms with Crippen LogP contribution in [0.15, 0.2) is 18.2 Å². The van der Waals surface area contributed by atoms with Gasteiger partial charge in [0.15, 0.2) is 11.4 Å². The maximum absolute atomic E-state index is 13.7. The van der Waals surface area contributed by atoms with Crippen molar-refractivity contribution in [1.82, 2.24) is 14.9 Å². The predicted molar refractivity (Wildman–Crippen MR) is 114 cm³/mol. The molecule has 1 aromatic carbocycles. The average Bonchev–Trinajstić information content (AvgIpc) is 2.72. The van der Waals surface area contributed by atoms with Crippen molar-refractivity contribution in [2.45, 2.75) is 19.1 Å². The van der Waals surface area contributed by atoms with E-state index >= 15 is 0 Å². The van der Waals surface area contributed by atoms with Gasteiger partial charge in [-0.2, -0.15) is 28.4 Å². The van der Waals surface area contributed by atoms with Crippen molar-refractivity contribution in [3.8, 4) is 17.7 Å². The minimum absolute atomic E-state index is 0.101. The van der Waals surface area contributed by atoms with Crippen molar-refractivity contribution >= 4 is 23.4 Å². The number of anilines is 3. The zero-order valence-corrected chi connectivity index (χ0v) is 18.5. The summed E-state index contributed by atoms with van der Waals surface area (Å²) in [5, 5.41) is 9.64. The lowest BCUT2D eigenvalue weighted by Crippen LogP contribution is -2.41. The summed E-state index contributed by atoms with van der Waals surface area (Å²) in [6, 6.07) is 3.53. The predicted octanol–water partition coefficient (Wildman–Crippen LogP) is 1.91. The molecule has 178 valence electrons. The lowest BCUT2D eigenvalue weighted by molar-refractivity contribution is -0.137. The lowest BCUT2D eigenvalue weighted by atomic mass is 10.1. The number of rotatable bonds is 9. The van der Waals surface area contributed by atoms with E-state index in [0.29, 0.717) is 6.54 Å². The molecule has 0 saturated heterocycles. The number of halogens is 3. The number of nitrogens with zero attached hydrogens (tertiary/aromatic N) is 5. The molecule has 0 bridgehead atoms. The van der Waals surface area contributed by atoms with E-state index in [1.54, 1.807) is 19.0 Å². The van der Waals surface area contributed by atoms with E-state index in [4.69, 9.17) is 20.9 Å². The molecule has 0 unspecified atom stereocenters. The van der Waals surface area contributed by atoms with Gasteiger partial charge in [0.2, 0.25) is 17.7 Å². The molecule has 4 N–H and O–H groups in total. The quantitative estimate of drug-likeness (QED) is 0.565. The van der Waals surface area contributed by atoms with Crippen LogP contribution in [0.25, 0.3) is 0 Å². The third-order valence-electron chi connectivity index (χ3n) is 4.51. The zero-order valence-electron chi connectivity index (χ0n) is 18.5. The number of carbonyl (C=O) groups is 1. The van der Waals surface area contributed by atoms with Crippen molar-refractivity contribution < 1.29 is 27.4 Å². The highest BCUT2D eigenvalue weighted by molar-refractivity contribution is 5.87. The summed E-state index contributed by atoms with van der Waals surface area (Å²) in [5.41, 5.74) is 9.75. The Bertz CT molecular complexity index is 1050. The van der Waals surface area contributed by atoms with E-state index in [2.05, 4.69) is 9.97 Å². The number of carbonyl (C=O) groups excluding carboxylic acids is 1. The van der Waals surface area contributed by atoms with E-state index in [9.17, 15) is 23.2 Å². The topological polar surface area (TPSA) is 144 Å². The molecule has 13 heteroatoms. The second kappa shape index (κ2) is 10.2. The van der Waals surface area contributed by atoms with Gasteiger partial charge in [-0.15, -0.1) is 0 Å². The molecule has 0 aliphatic rings. The number of methoxy groups -OCH3 is 1. The van der Waals surface area contributed by atoms with Crippen LogP contribution in [-0.4, -0.2) is 61.2 Å². The van der Waals surface area contributed by atoms with Crippen LogP contribution < -0.4 is 25.8 Å². The van der Waals surface area contributed by atoms with Gasteiger partial charge in [0.05, 0.1) is 12.7 Å². The van der Waals surface area contributed by atoms with Gasteiger partial charge < -0.3 is 30.7 Å². The number of hydrogen-bond donors (Lipinski definition) is 2. The van der Waals surface area contributed by atoms with Crippen molar-refractivity contribution in [3.05, 3.63) is 29.3 Å². The number of nitrogen functional groups attached to an aromatic ring is 1. The van der Waals surface area contributed by atoms with E-state index in [0.717, 1.165) is 17.0 Å². The van der Waals surface area contributed by atoms with Gasteiger partial charge >= 0.3 is 6.18 Å². The first-order valence-electron chi connectivity index (χ1n) is 9.59. The van der Waals surface area contributed by atoms with Crippen LogP contribution in [0.2, 0.25) is 0 Å². The van der Waals surface area contributed by atoms with Gasteiger partial charge in [0, 0.05) is 18.3 Å². The van der Waals surface area contributed by atoms with Gasteiger partial charge in [-0.3, -0.25) is 4.79 Å². The molecule has 0 saturated carbocycles. The summed E-state index contributed by atoms with van der Waals surface area (Å²) in [6.07, 6.45) is -4.72. The van der Waals surface area contributed by atoms with Gasteiger partial charge in [-0.1, -0.05) is 0 Å². The summed E-state index contributed by atoms with van der Waals surface area (Å²) in [6.45, 7) is 1.91. The van der Waals surface area contributed by atoms with Crippen LogP contribution in [0.5, 0.6) is 11.6 Å². The standard InChI is InChI=1S/C20H24F3N7O3/c1-11(16(25)31)30(17-15(10-24)18(32-4)28-19(26)27-17)13-7-12(20(21,22)23)8-14(9-13)33-6-5-29(2)3/h7-9,11H,5-6H2,1-4H3,(H2,25,31)(H2,26,27,28)/t11-/m0/s1. The molecule has 2 aromatic rings. The third-order valence-corrected chi connectivity index (χ3v) is 4.51. The Kier molecular flexibility index (Phi) is 7.89. The highest BCUT2D eigenvalue weighted by atomic mass is 19.4. The van der Waals surface area contributed by atoms with Crippen molar-refractivity contribution in [1.29, 1.82) is 5.26 Å². The Balaban J connectivity index is 2.77. The monoisotopic (exact) mass is 467 g/mol. The molecule has 0 fully saturated rings. The maximum atomic E-state index is 13.7. The lowest BCUT2D eigenvalue weighted by Gasteiger charge is -2.30. The number of amides is 1. The first-order chi connectivity index (χ1) is 15.4. The molecule has 0 spiro atoms. The molecule has 1 heterocycles. The Labute approximate surface area is 188 Å². The van der Waals surface area contributed by atoms with Crippen molar-refractivity contribution in [3.63, 3.8) is 0 Å². The fourth-order valence-electron chi connectivity index (χ4n) is 2.84. The average molecular weight is 467 g/mol. The molecular weight excluding hydrogens is 443 g/mol. The third kappa shape index (κ3) is 6.13. The molecule has 10 nitrogen and oxygen atoms in total. The number of hydrogen-bond acceptors (Lipinski definition) is 9. The number of nitrogens with two attached hydrogens (primary N) is 2. The normalized spacial score (nSPS) is 12.2. The molecule has 1 atom stereocenters. The summed E-state index contributed by atoms with van der Waals surface area (Å²) in [7, 11) is 4.80. The number of likely N-dealkylation sites (N-methyl/N-ethyl adjacent to an activating group) is 1. The number of aromatic nitrogens is 2. The summed E-state index contributed by atoms with van der Waals surface area (Å²) < 4.78 is 51.5. The molecular formula is C20H24F3N7O3. The molecule has 2 rings (SSSR count). The minimum Gasteiger partial charge on any atom is -0.492 e. The van der Waals surface area contributed by atoms with E-state index in [1.165, 1.54) is 20.1 Å². The van der Waals surface area contributed by atoms with Crippen LogP contribution in [0.3, 0.4) is 0 Å². The van der Waals surface area contributed by atoms with Gasteiger partial charge in [-0.25, -0.2) is 0 Å². The zero-order chi connectivity index (χ0) is 24.9. The molecule has 0 radical (unpaired) electrons. The minimum atomic E-state index is -4.72. The van der Waals surface area contributed by atoms with Crippen LogP contribution in [0, 0.1) is 11.3 Å². The smallest absolute Gasteiger partial charge is 0.416 e. The highest BCUT2D eigenvalue weighted by Gasteiger charge is 2.34.